The monoisotopic (exact) mass is 743 g/mol. The highest BCUT2D eigenvalue weighted by atomic mass is 35.5. The second kappa shape index (κ2) is 16.7. The zero-order valence-electron chi connectivity index (χ0n) is 29.5. The van der Waals surface area contributed by atoms with Crippen LogP contribution in [0.25, 0.3) is 10.9 Å². The third-order valence-corrected chi connectivity index (χ3v) is 11.3. The van der Waals surface area contributed by atoms with E-state index in [2.05, 4.69) is 20.0 Å². The molecule has 2 aliphatic heterocycles. The molecule has 3 heterocycles. The lowest BCUT2D eigenvalue weighted by molar-refractivity contribution is -0.260. The van der Waals surface area contributed by atoms with Crippen molar-refractivity contribution in [3.05, 3.63) is 63.8 Å². The van der Waals surface area contributed by atoms with Crippen LogP contribution in [0, 0.1) is 5.92 Å². The van der Waals surface area contributed by atoms with Gasteiger partial charge in [0.15, 0.2) is 5.78 Å². The molecule has 10 nitrogen and oxygen atoms in total. The Labute approximate surface area is 309 Å². The van der Waals surface area contributed by atoms with Crippen molar-refractivity contribution in [1.82, 2.24) is 19.3 Å². The summed E-state index contributed by atoms with van der Waals surface area (Å²) < 4.78 is 27.5. The fourth-order valence-corrected chi connectivity index (χ4v) is 8.37. The maximum Gasteiger partial charge on any atom is 0.308 e. The number of hydrogen-bond acceptors (Lipinski definition) is 8. The Morgan fingerprint density at radius 2 is 1.63 bits per heavy atom. The van der Waals surface area contributed by atoms with Crippen molar-refractivity contribution in [3.8, 4) is 0 Å². The summed E-state index contributed by atoms with van der Waals surface area (Å²) in [6.45, 7) is 5.79. The van der Waals surface area contributed by atoms with Crippen LogP contribution < -0.4 is 5.32 Å². The Bertz CT molecular complexity index is 1720. The van der Waals surface area contributed by atoms with E-state index in [1.54, 1.807) is 18.3 Å². The van der Waals surface area contributed by atoms with Gasteiger partial charge in [-0.05, 0) is 69.2 Å². The Morgan fingerprint density at radius 3 is 2.31 bits per heavy atom. The van der Waals surface area contributed by atoms with Crippen molar-refractivity contribution in [2.45, 2.75) is 63.8 Å². The highest BCUT2D eigenvalue weighted by Gasteiger charge is 2.53. The SMILES string of the molecule is CCOC(=O)C1CCC(OC(C(=O)Cc2cc(Cl)c(NC(=O)c3cn(C)c4ccccc34)cc2Cl)(N2CCCC2)N2CCN(CCF)CC2)CC1. The first-order chi connectivity index (χ1) is 24.6. The molecule has 0 spiro atoms. The van der Waals surface area contributed by atoms with E-state index in [4.69, 9.17) is 32.7 Å². The third kappa shape index (κ3) is 8.14. The van der Waals surface area contributed by atoms with Crippen molar-refractivity contribution in [2.75, 3.05) is 64.4 Å². The summed E-state index contributed by atoms with van der Waals surface area (Å²) in [6, 6.07) is 10.9. The van der Waals surface area contributed by atoms with E-state index < -0.39 is 12.5 Å². The lowest BCUT2D eigenvalue weighted by Gasteiger charge is -2.52. The quantitative estimate of drug-likeness (QED) is 0.203. The fourth-order valence-electron chi connectivity index (χ4n) is 7.91. The summed E-state index contributed by atoms with van der Waals surface area (Å²) in [7, 11) is 1.89. The number of carbonyl (C=O) groups excluding carboxylic acids is 3. The van der Waals surface area contributed by atoms with Crippen LogP contribution in [0.1, 0.15) is 61.4 Å². The number of ketones is 1. The van der Waals surface area contributed by atoms with E-state index in [-0.39, 0.29) is 41.1 Å². The number of para-hydroxylation sites is 1. The van der Waals surface area contributed by atoms with Gasteiger partial charge in [-0.25, -0.2) is 4.39 Å². The van der Waals surface area contributed by atoms with Gasteiger partial charge in [0, 0.05) is 81.4 Å². The average molecular weight is 745 g/mol. The second-order valence-corrected chi connectivity index (χ2v) is 14.6. The lowest BCUT2D eigenvalue weighted by Crippen LogP contribution is -2.70. The molecule has 1 aliphatic carbocycles. The molecule has 6 rings (SSSR count). The number of anilines is 1. The number of aromatic nitrogens is 1. The van der Waals surface area contributed by atoms with E-state index in [0.29, 0.717) is 99.9 Å². The van der Waals surface area contributed by atoms with Crippen molar-refractivity contribution in [3.63, 3.8) is 0 Å². The van der Waals surface area contributed by atoms with Crippen molar-refractivity contribution < 1.29 is 28.2 Å². The number of nitrogens with zero attached hydrogens (tertiary/aromatic N) is 4. The summed E-state index contributed by atoms with van der Waals surface area (Å²) in [5.41, 5.74) is 2.32. The number of alkyl halides is 1. The van der Waals surface area contributed by atoms with Gasteiger partial charge in [0.2, 0.25) is 5.85 Å². The molecule has 1 unspecified atom stereocenters. The van der Waals surface area contributed by atoms with E-state index in [1.807, 2.05) is 42.8 Å². The molecule has 1 saturated carbocycles. The maximum absolute atomic E-state index is 15.0. The number of fused-ring (bicyclic) bond motifs is 1. The van der Waals surface area contributed by atoms with Crippen LogP contribution in [0.4, 0.5) is 10.1 Å². The predicted molar refractivity (Wildman–Crippen MR) is 197 cm³/mol. The molecule has 0 bridgehead atoms. The number of piperazine rings is 1. The molecule has 1 amide bonds. The number of halogens is 3. The molecule has 1 aromatic heterocycles. The van der Waals surface area contributed by atoms with Gasteiger partial charge < -0.3 is 19.4 Å². The van der Waals surface area contributed by atoms with Crippen molar-refractivity contribution in [1.29, 1.82) is 0 Å². The Balaban J connectivity index is 1.26. The van der Waals surface area contributed by atoms with Gasteiger partial charge in [0.1, 0.15) is 6.67 Å². The van der Waals surface area contributed by atoms with Crippen molar-refractivity contribution >= 4 is 57.5 Å². The number of carbonyl (C=O) groups is 3. The number of amides is 1. The van der Waals surface area contributed by atoms with Gasteiger partial charge in [0.05, 0.1) is 34.9 Å². The molecule has 1 N–H and O–H groups in total. The number of aryl methyl sites for hydroxylation is 1. The Kier molecular flexibility index (Phi) is 12.4. The first kappa shape index (κ1) is 37.7. The Hall–Kier alpha value is -3.06. The number of esters is 1. The molecule has 0 radical (unpaired) electrons. The summed E-state index contributed by atoms with van der Waals surface area (Å²) in [5, 5.41) is 4.30. The molecule has 1 atom stereocenters. The summed E-state index contributed by atoms with van der Waals surface area (Å²) in [4.78, 5) is 47.2. The topological polar surface area (TPSA) is 96.3 Å². The molecular weight excluding hydrogens is 696 g/mol. The molecule has 3 fully saturated rings. The molecule has 276 valence electrons. The lowest BCUT2D eigenvalue weighted by atomic mass is 9.87. The van der Waals surface area contributed by atoms with E-state index in [9.17, 15) is 18.8 Å². The maximum atomic E-state index is 15.0. The molecule has 3 aliphatic rings. The summed E-state index contributed by atoms with van der Waals surface area (Å²) >= 11 is 13.6. The van der Waals surface area contributed by atoms with Gasteiger partial charge >= 0.3 is 5.97 Å². The van der Waals surface area contributed by atoms with E-state index in [1.165, 1.54) is 0 Å². The van der Waals surface area contributed by atoms with Crippen LogP contribution in [0.2, 0.25) is 10.0 Å². The average Bonchev–Trinajstić information content (AvgIpc) is 3.79. The zero-order chi connectivity index (χ0) is 36.1. The van der Waals surface area contributed by atoms with E-state index >= 15 is 0 Å². The second-order valence-electron chi connectivity index (χ2n) is 13.8. The predicted octanol–water partition coefficient (Wildman–Crippen LogP) is 6.32. The summed E-state index contributed by atoms with van der Waals surface area (Å²) in [6.07, 6.45) is 5.89. The van der Waals surface area contributed by atoms with Gasteiger partial charge in [-0.1, -0.05) is 41.4 Å². The number of hydrogen-bond donors (Lipinski definition) is 1. The first-order valence-electron chi connectivity index (χ1n) is 18.1. The normalized spacial score (nSPS) is 21.8. The largest absolute Gasteiger partial charge is 0.466 e. The first-order valence-corrected chi connectivity index (χ1v) is 18.9. The minimum Gasteiger partial charge on any atom is -0.466 e. The zero-order valence-corrected chi connectivity index (χ0v) is 31.0. The van der Waals surface area contributed by atoms with Crippen LogP contribution >= 0.6 is 23.2 Å². The number of ether oxygens (including phenoxy) is 2. The number of benzene rings is 2. The number of rotatable bonds is 13. The summed E-state index contributed by atoms with van der Waals surface area (Å²) in [5.74, 6) is -2.19. The third-order valence-electron chi connectivity index (χ3n) is 10.6. The molecule has 13 heteroatoms. The fraction of sp³-hybridized carbons (Fsp3) is 0.553. The van der Waals surface area contributed by atoms with Gasteiger partial charge in [-0.2, -0.15) is 0 Å². The minimum absolute atomic E-state index is 0.0462. The molecule has 3 aromatic rings. The van der Waals surface area contributed by atoms with Crippen molar-refractivity contribution in [2.24, 2.45) is 13.0 Å². The molecular formula is C38H48Cl2FN5O5. The minimum atomic E-state index is -1.36. The highest BCUT2D eigenvalue weighted by molar-refractivity contribution is 6.36. The highest BCUT2D eigenvalue weighted by Crippen LogP contribution is 2.38. The van der Waals surface area contributed by atoms with Crippen LogP contribution in [-0.4, -0.2) is 108 Å². The van der Waals surface area contributed by atoms with E-state index in [0.717, 1.165) is 23.7 Å². The Morgan fingerprint density at radius 1 is 0.941 bits per heavy atom. The standard InChI is InChI=1S/C38H48Cl2FN5O5/c1-3-50-37(49)26-10-12-28(13-11-26)51-38(45-15-6-7-16-45,46-20-18-44(17-14-41)19-21-46)35(47)23-27-22-32(40)33(24-31(27)39)42-36(48)30-25-43(2)34-9-5-4-8-29(30)34/h4-5,8-9,22,24-26,28H,3,6-7,10-21,23H2,1-2H3,(H,42,48). The number of nitrogens with one attached hydrogen (secondary N) is 1. The van der Waals surface area contributed by atoms with Gasteiger partial charge in [0.25, 0.3) is 5.91 Å². The van der Waals surface area contributed by atoms with Gasteiger partial charge in [-0.3, -0.25) is 29.1 Å². The van der Waals surface area contributed by atoms with Crippen LogP contribution in [0.5, 0.6) is 0 Å². The number of Topliss-reactive ketones (excluding diaryl/α,β-unsaturated/α-hetero) is 1. The molecule has 51 heavy (non-hydrogen) atoms. The number of likely N-dealkylation sites (tertiary alicyclic amines) is 1. The van der Waals surface area contributed by atoms with Crippen LogP contribution in [0.3, 0.4) is 0 Å². The van der Waals surface area contributed by atoms with Crippen LogP contribution in [-0.2, 0) is 32.5 Å². The van der Waals surface area contributed by atoms with Crippen LogP contribution in [0.15, 0.2) is 42.6 Å². The molecule has 2 aromatic carbocycles. The van der Waals surface area contributed by atoms with Gasteiger partial charge in [-0.15, -0.1) is 0 Å². The smallest absolute Gasteiger partial charge is 0.308 e. The molecule has 2 saturated heterocycles.